The minimum atomic E-state index is -1.46. The van der Waals surface area contributed by atoms with Gasteiger partial charge in [0.25, 0.3) is 0 Å². The average molecular weight is 411 g/mol. The van der Waals surface area contributed by atoms with E-state index >= 15 is 0 Å². The van der Waals surface area contributed by atoms with Crippen LogP contribution in [0.3, 0.4) is 0 Å². The van der Waals surface area contributed by atoms with Gasteiger partial charge in [0.15, 0.2) is 17.5 Å². The van der Waals surface area contributed by atoms with Crippen molar-refractivity contribution in [2.24, 2.45) is 5.73 Å². The second-order valence-corrected chi connectivity index (χ2v) is 7.74. The number of amides is 1. The molecule has 2 heterocycles. The highest BCUT2D eigenvalue weighted by Gasteiger charge is 2.47. The molecule has 4 rings (SSSR count). The molecule has 156 valence electrons. The van der Waals surface area contributed by atoms with Crippen molar-refractivity contribution in [3.05, 3.63) is 47.3 Å². The van der Waals surface area contributed by atoms with Crippen molar-refractivity contribution in [1.82, 2.24) is 19.7 Å². The van der Waals surface area contributed by atoms with Gasteiger partial charge in [-0.3, -0.25) is 4.79 Å². The number of alkyl halides is 1. The monoisotopic (exact) mass is 411 g/mol. The van der Waals surface area contributed by atoms with Crippen LogP contribution in [-0.4, -0.2) is 38.2 Å². The predicted molar refractivity (Wildman–Crippen MR) is 94.6 cm³/mol. The first-order valence-electron chi connectivity index (χ1n) is 9.56. The number of aromatic nitrogens is 3. The van der Waals surface area contributed by atoms with E-state index in [0.717, 1.165) is 12.5 Å². The van der Waals surface area contributed by atoms with Gasteiger partial charge >= 0.3 is 0 Å². The zero-order valence-corrected chi connectivity index (χ0v) is 15.6. The molecule has 29 heavy (non-hydrogen) atoms. The first-order chi connectivity index (χ1) is 13.8. The summed E-state index contributed by atoms with van der Waals surface area (Å²) < 4.78 is 55.6. The quantitative estimate of drug-likeness (QED) is 0.586. The van der Waals surface area contributed by atoms with Gasteiger partial charge in [-0.05, 0) is 30.9 Å². The lowest BCUT2D eigenvalue weighted by atomic mass is 10.0. The molecule has 1 saturated carbocycles. The van der Waals surface area contributed by atoms with E-state index in [1.54, 1.807) is 4.90 Å². The predicted octanol–water partition coefficient (Wildman–Crippen LogP) is 2.74. The molecule has 1 saturated heterocycles. The van der Waals surface area contributed by atoms with E-state index in [-0.39, 0.29) is 30.4 Å². The Balaban J connectivity index is 1.41. The molecule has 2 fully saturated rings. The van der Waals surface area contributed by atoms with Gasteiger partial charge < -0.3 is 10.6 Å². The number of benzene rings is 1. The summed E-state index contributed by atoms with van der Waals surface area (Å²) in [5.74, 6) is -4.68. The molecule has 0 bridgehead atoms. The maximum Gasteiger partial charge on any atom is 0.224 e. The number of hydrogen-bond donors (Lipinski definition) is 1. The minimum Gasteiger partial charge on any atom is -0.332 e. The highest BCUT2D eigenvalue weighted by atomic mass is 19.2. The summed E-state index contributed by atoms with van der Waals surface area (Å²) >= 11 is 0. The Labute approximate surface area is 164 Å². The molecule has 1 aliphatic carbocycles. The molecule has 2 aromatic rings. The Kier molecular flexibility index (Phi) is 5.05. The molecule has 0 unspecified atom stereocenters. The molecule has 10 heteroatoms. The van der Waals surface area contributed by atoms with Crippen LogP contribution in [-0.2, 0) is 17.0 Å². The van der Waals surface area contributed by atoms with Gasteiger partial charge in [0.1, 0.15) is 12.1 Å². The molecule has 0 radical (unpaired) electrons. The number of carbonyl (C=O) groups excluding carboxylic acids is 1. The number of likely N-dealkylation sites (tertiary alicyclic amines) is 1. The van der Waals surface area contributed by atoms with E-state index in [2.05, 4.69) is 10.1 Å². The first kappa shape index (κ1) is 19.8. The van der Waals surface area contributed by atoms with Crippen molar-refractivity contribution in [1.29, 1.82) is 0 Å². The third-order valence-corrected chi connectivity index (χ3v) is 5.46. The Bertz CT molecular complexity index is 929. The number of nitrogens with zero attached hydrogens (tertiary/aromatic N) is 4. The van der Waals surface area contributed by atoms with E-state index in [9.17, 15) is 22.4 Å². The molecule has 1 aromatic heterocycles. The molecule has 2 N–H and O–H groups in total. The van der Waals surface area contributed by atoms with Crippen molar-refractivity contribution in [2.75, 3.05) is 6.54 Å². The van der Waals surface area contributed by atoms with Crippen LogP contribution in [0.2, 0.25) is 0 Å². The van der Waals surface area contributed by atoms with Crippen molar-refractivity contribution in [3.8, 4) is 0 Å². The van der Waals surface area contributed by atoms with E-state index in [0.29, 0.717) is 37.7 Å². The van der Waals surface area contributed by atoms with Crippen molar-refractivity contribution in [3.63, 3.8) is 0 Å². The van der Waals surface area contributed by atoms with Crippen LogP contribution >= 0.6 is 0 Å². The number of rotatable bonds is 6. The maximum absolute atomic E-state index is 14.1. The SMILES string of the molecule is N[C@@H](CC(=O)N1CCC[C@H]1c1ncn(C2(F)CC2)n1)Cc1cc(F)c(F)cc1F. The number of carbonyl (C=O) groups is 1. The standard InChI is InChI=1S/C19H21F4N5O/c20-13-9-15(22)14(21)7-11(13)6-12(24)8-17(29)27-5-1-2-16(27)18-25-10-28(26-18)19(23)3-4-19/h7,9-10,12,16H,1-6,8,24H2/t12-,16+/m1/s1. The largest absolute Gasteiger partial charge is 0.332 e. The molecule has 0 spiro atoms. The van der Waals surface area contributed by atoms with Crippen LogP contribution in [0.25, 0.3) is 0 Å². The molecule has 1 amide bonds. The van der Waals surface area contributed by atoms with E-state index < -0.39 is 29.3 Å². The Morgan fingerprint density at radius 1 is 1.24 bits per heavy atom. The van der Waals surface area contributed by atoms with Gasteiger partial charge in [-0.25, -0.2) is 27.2 Å². The topological polar surface area (TPSA) is 77.0 Å². The number of hydrogen-bond acceptors (Lipinski definition) is 4. The zero-order valence-electron chi connectivity index (χ0n) is 15.6. The molecular weight excluding hydrogens is 390 g/mol. The van der Waals surface area contributed by atoms with Gasteiger partial charge in [-0.15, -0.1) is 0 Å². The van der Waals surface area contributed by atoms with E-state index in [4.69, 9.17) is 5.73 Å². The Hall–Kier alpha value is -2.49. The lowest BCUT2D eigenvalue weighted by Crippen LogP contribution is -2.37. The summed E-state index contributed by atoms with van der Waals surface area (Å²) in [4.78, 5) is 18.5. The second kappa shape index (κ2) is 7.40. The fourth-order valence-corrected chi connectivity index (χ4v) is 3.70. The summed E-state index contributed by atoms with van der Waals surface area (Å²) in [5, 5.41) is 4.21. The Morgan fingerprint density at radius 3 is 2.69 bits per heavy atom. The molecule has 2 aliphatic rings. The minimum absolute atomic E-state index is 0.0831. The second-order valence-electron chi connectivity index (χ2n) is 7.74. The van der Waals surface area contributed by atoms with Gasteiger partial charge in [0, 0.05) is 37.9 Å². The highest BCUT2D eigenvalue weighted by Crippen LogP contribution is 2.44. The van der Waals surface area contributed by atoms with Crippen LogP contribution in [0.15, 0.2) is 18.5 Å². The van der Waals surface area contributed by atoms with Gasteiger partial charge in [-0.2, -0.15) is 5.10 Å². The Morgan fingerprint density at radius 2 is 1.97 bits per heavy atom. The van der Waals surface area contributed by atoms with Gasteiger partial charge in [0.2, 0.25) is 11.7 Å². The van der Waals surface area contributed by atoms with Crippen LogP contribution in [0.5, 0.6) is 0 Å². The summed E-state index contributed by atoms with van der Waals surface area (Å²) in [7, 11) is 0. The van der Waals surface area contributed by atoms with E-state index in [1.807, 2.05) is 0 Å². The smallest absolute Gasteiger partial charge is 0.224 e. The zero-order chi connectivity index (χ0) is 20.8. The van der Waals surface area contributed by atoms with Gasteiger partial charge in [-0.1, -0.05) is 0 Å². The fourth-order valence-electron chi connectivity index (χ4n) is 3.70. The summed E-state index contributed by atoms with van der Waals surface area (Å²) in [6, 6.07) is 0.0944. The normalized spacial score (nSPS) is 21.4. The molecule has 1 aromatic carbocycles. The number of nitrogens with two attached hydrogens (primary N) is 1. The summed E-state index contributed by atoms with van der Waals surface area (Å²) in [5.41, 5.74) is 5.89. The van der Waals surface area contributed by atoms with Crippen molar-refractivity contribution in [2.45, 2.75) is 56.4 Å². The van der Waals surface area contributed by atoms with Crippen LogP contribution in [0, 0.1) is 17.5 Å². The third kappa shape index (κ3) is 3.98. The van der Waals surface area contributed by atoms with Crippen LogP contribution < -0.4 is 5.73 Å². The lowest BCUT2D eigenvalue weighted by Gasteiger charge is -2.24. The van der Waals surface area contributed by atoms with Crippen molar-refractivity contribution >= 4 is 5.91 Å². The van der Waals surface area contributed by atoms with Crippen molar-refractivity contribution < 1.29 is 22.4 Å². The fraction of sp³-hybridized carbons (Fsp3) is 0.526. The van der Waals surface area contributed by atoms with E-state index in [1.165, 1.54) is 11.0 Å². The average Bonchev–Trinajstić information content (AvgIpc) is 3.10. The third-order valence-electron chi connectivity index (χ3n) is 5.46. The maximum atomic E-state index is 14.1. The lowest BCUT2D eigenvalue weighted by molar-refractivity contribution is -0.132. The summed E-state index contributed by atoms with van der Waals surface area (Å²) in [6.45, 7) is 0.491. The van der Waals surface area contributed by atoms with Crippen LogP contribution in [0.1, 0.15) is 49.5 Å². The molecule has 6 nitrogen and oxygen atoms in total. The highest BCUT2D eigenvalue weighted by molar-refractivity contribution is 5.77. The van der Waals surface area contributed by atoms with Gasteiger partial charge in [0.05, 0.1) is 6.04 Å². The summed E-state index contributed by atoms with van der Waals surface area (Å²) in [6.07, 6.45) is 3.35. The first-order valence-corrected chi connectivity index (χ1v) is 9.56. The molecule has 2 atom stereocenters. The van der Waals surface area contributed by atoms with Crippen LogP contribution in [0.4, 0.5) is 17.6 Å². The number of halogens is 4. The molecular formula is C19H21F4N5O. The molecule has 1 aliphatic heterocycles.